The number of esters is 1. The number of carbonyl (C=O) groups is 1. The summed E-state index contributed by atoms with van der Waals surface area (Å²) in [6.07, 6.45) is 0. The molecule has 0 atom stereocenters. The first-order valence-corrected chi connectivity index (χ1v) is 5.51. The van der Waals surface area contributed by atoms with Crippen molar-refractivity contribution in [2.24, 2.45) is 0 Å². The molecule has 0 aliphatic heterocycles. The van der Waals surface area contributed by atoms with Gasteiger partial charge in [-0.25, -0.2) is 4.79 Å². The molecule has 0 bridgehead atoms. The largest absolute Gasteiger partial charge is 1.00 e. The van der Waals surface area contributed by atoms with E-state index < -0.39 is 10.9 Å². The number of likely N-dealkylation sites (N-methyl/N-ethyl adjacent to an activating group) is 1. The van der Waals surface area contributed by atoms with Gasteiger partial charge in [0.15, 0.2) is 0 Å². The first-order chi connectivity index (χ1) is 8.29. The fourth-order valence-electron chi connectivity index (χ4n) is 1.21. The Hall–Kier alpha value is -1.66. The van der Waals surface area contributed by atoms with Gasteiger partial charge in [-0.3, -0.25) is 10.1 Å². The highest BCUT2D eigenvalue weighted by Gasteiger charge is 2.12. The van der Waals surface area contributed by atoms with Crippen LogP contribution in [0.1, 0.15) is 10.4 Å². The van der Waals surface area contributed by atoms with Gasteiger partial charge in [0.25, 0.3) is 5.69 Å². The lowest BCUT2D eigenvalue weighted by Gasteiger charge is -2.23. The predicted molar refractivity (Wildman–Crippen MR) is 66.3 cm³/mol. The van der Waals surface area contributed by atoms with Crippen LogP contribution in [0, 0.1) is 10.1 Å². The summed E-state index contributed by atoms with van der Waals surface area (Å²) in [5.41, 5.74) is 0.278. The molecule has 0 amide bonds. The number of halogens is 1. The molecular weight excluding hydrogens is 272 g/mol. The number of hydrogen-bond acceptors (Lipinski definition) is 4. The number of ether oxygens (including phenoxy) is 1. The van der Waals surface area contributed by atoms with Crippen LogP contribution in [0.3, 0.4) is 0 Å². The monoisotopic (exact) mass is 288 g/mol. The van der Waals surface area contributed by atoms with Gasteiger partial charge in [-0.15, -0.1) is 0 Å². The van der Waals surface area contributed by atoms with E-state index in [1.807, 2.05) is 21.1 Å². The molecule has 0 saturated carbocycles. The SMILES string of the molecule is C[N+](C)(C)CCOC(=O)c1ccc([N+](=O)[O-])cc1.[Cl-]. The van der Waals surface area contributed by atoms with Crippen molar-refractivity contribution in [3.05, 3.63) is 39.9 Å². The van der Waals surface area contributed by atoms with Crippen LogP contribution in [-0.2, 0) is 4.74 Å². The van der Waals surface area contributed by atoms with Crippen molar-refractivity contribution >= 4 is 11.7 Å². The molecule has 0 aromatic heterocycles. The second kappa shape index (κ2) is 7.06. The predicted octanol–water partition coefficient (Wildman–Crippen LogP) is -1.54. The Bertz CT molecular complexity index is 440. The van der Waals surface area contributed by atoms with Crippen molar-refractivity contribution in [3.8, 4) is 0 Å². The molecule has 1 aromatic carbocycles. The van der Waals surface area contributed by atoms with Crippen molar-refractivity contribution in [1.29, 1.82) is 0 Å². The van der Waals surface area contributed by atoms with Crippen molar-refractivity contribution in [2.45, 2.75) is 0 Å². The molecule has 0 radical (unpaired) electrons. The lowest BCUT2D eigenvalue weighted by atomic mass is 10.2. The molecule has 1 aromatic rings. The smallest absolute Gasteiger partial charge is 0.338 e. The molecule has 0 spiro atoms. The van der Waals surface area contributed by atoms with Crippen LogP contribution in [0.5, 0.6) is 0 Å². The first kappa shape index (κ1) is 17.3. The Morgan fingerprint density at radius 3 is 2.21 bits per heavy atom. The maximum atomic E-state index is 11.6. The average molecular weight is 289 g/mol. The number of nitrogens with zero attached hydrogens (tertiary/aromatic N) is 2. The van der Waals surface area contributed by atoms with E-state index in [0.717, 1.165) is 0 Å². The number of hydrogen-bond donors (Lipinski definition) is 0. The van der Waals surface area contributed by atoms with E-state index in [4.69, 9.17) is 4.74 Å². The van der Waals surface area contributed by atoms with Crippen molar-refractivity contribution in [3.63, 3.8) is 0 Å². The molecule has 106 valence electrons. The summed E-state index contributed by atoms with van der Waals surface area (Å²) >= 11 is 0. The minimum Gasteiger partial charge on any atom is -1.00 e. The highest BCUT2D eigenvalue weighted by atomic mass is 35.5. The zero-order chi connectivity index (χ0) is 13.8. The number of non-ortho nitro benzene ring substituents is 1. The minimum atomic E-state index is -0.508. The number of nitro groups is 1. The van der Waals surface area contributed by atoms with Gasteiger partial charge in [-0.05, 0) is 12.1 Å². The molecule has 7 heteroatoms. The third-order valence-electron chi connectivity index (χ3n) is 2.31. The van der Waals surface area contributed by atoms with Crippen molar-refractivity contribution < 1.29 is 31.3 Å². The Balaban J connectivity index is 0.00000324. The summed E-state index contributed by atoms with van der Waals surface area (Å²) in [6, 6.07) is 5.37. The normalized spacial score (nSPS) is 10.5. The van der Waals surface area contributed by atoms with Crippen molar-refractivity contribution in [2.75, 3.05) is 34.3 Å². The average Bonchev–Trinajstić information content (AvgIpc) is 2.27. The lowest BCUT2D eigenvalue weighted by Crippen LogP contribution is -3.00. The molecule has 6 nitrogen and oxygen atoms in total. The molecule has 0 heterocycles. The number of carbonyl (C=O) groups excluding carboxylic acids is 1. The molecule has 0 N–H and O–H groups in total. The van der Waals surface area contributed by atoms with Gasteiger partial charge in [0.2, 0.25) is 0 Å². The maximum absolute atomic E-state index is 11.6. The van der Waals surface area contributed by atoms with Gasteiger partial charge in [0.1, 0.15) is 13.2 Å². The van der Waals surface area contributed by atoms with E-state index in [-0.39, 0.29) is 18.1 Å². The Kier molecular flexibility index (Phi) is 6.44. The summed E-state index contributed by atoms with van der Waals surface area (Å²) in [4.78, 5) is 21.6. The van der Waals surface area contributed by atoms with Crippen LogP contribution >= 0.6 is 0 Å². The third kappa shape index (κ3) is 6.17. The molecule has 19 heavy (non-hydrogen) atoms. The molecular formula is C12H17ClN2O4. The number of benzene rings is 1. The first-order valence-electron chi connectivity index (χ1n) is 5.51. The van der Waals surface area contributed by atoms with E-state index in [9.17, 15) is 14.9 Å². The number of rotatable bonds is 5. The van der Waals surface area contributed by atoms with Gasteiger partial charge in [-0.2, -0.15) is 0 Å². The van der Waals surface area contributed by atoms with Gasteiger partial charge >= 0.3 is 5.97 Å². The second-order valence-corrected chi connectivity index (χ2v) is 4.95. The number of nitro benzene ring substituents is 1. The second-order valence-electron chi connectivity index (χ2n) is 4.95. The maximum Gasteiger partial charge on any atom is 0.338 e. The zero-order valence-electron chi connectivity index (χ0n) is 11.1. The summed E-state index contributed by atoms with van der Waals surface area (Å²) in [5.74, 6) is -0.460. The highest BCUT2D eigenvalue weighted by molar-refractivity contribution is 5.89. The van der Waals surface area contributed by atoms with Crippen LogP contribution in [0.4, 0.5) is 5.69 Å². The number of quaternary nitrogens is 1. The fourth-order valence-corrected chi connectivity index (χ4v) is 1.21. The van der Waals surface area contributed by atoms with Gasteiger partial charge in [0, 0.05) is 12.1 Å². The standard InChI is InChI=1S/C12H17N2O4.ClH/c1-14(2,3)8-9-18-12(15)10-4-6-11(7-5-10)13(16)17;/h4-7H,8-9H2,1-3H3;1H/q+1;/p-1. The summed E-state index contributed by atoms with van der Waals surface area (Å²) < 4.78 is 5.78. The van der Waals surface area contributed by atoms with E-state index in [0.29, 0.717) is 23.2 Å². The van der Waals surface area contributed by atoms with Crippen LogP contribution in [-0.4, -0.2) is 49.7 Å². The molecule has 1 rings (SSSR count). The van der Waals surface area contributed by atoms with Crippen LogP contribution in [0.15, 0.2) is 24.3 Å². The third-order valence-corrected chi connectivity index (χ3v) is 2.31. The molecule has 0 aliphatic carbocycles. The molecule has 0 saturated heterocycles. The summed E-state index contributed by atoms with van der Waals surface area (Å²) in [5, 5.41) is 10.5. The van der Waals surface area contributed by atoms with Gasteiger partial charge in [-0.1, -0.05) is 0 Å². The van der Waals surface area contributed by atoms with Crippen LogP contribution in [0.25, 0.3) is 0 Å². The summed E-state index contributed by atoms with van der Waals surface area (Å²) in [7, 11) is 6.00. The Labute approximate surface area is 118 Å². The van der Waals surface area contributed by atoms with Gasteiger partial charge in [0.05, 0.1) is 31.6 Å². The zero-order valence-corrected chi connectivity index (χ0v) is 11.9. The van der Waals surface area contributed by atoms with E-state index in [1.165, 1.54) is 24.3 Å². The van der Waals surface area contributed by atoms with Gasteiger partial charge < -0.3 is 21.6 Å². The highest BCUT2D eigenvalue weighted by Crippen LogP contribution is 2.12. The van der Waals surface area contributed by atoms with Crippen LogP contribution in [0.2, 0.25) is 0 Å². The fraction of sp³-hybridized carbons (Fsp3) is 0.417. The Morgan fingerprint density at radius 1 is 1.26 bits per heavy atom. The molecule has 0 aliphatic rings. The minimum absolute atomic E-state index is 0. The lowest BCUT2D eigenvalue weighted by molar-refractivity contribution is -0.870. The van der Waals surface area contributed by atoms with E-state index in [1.54, 1.807) is 0 Å². The quantitative estimate of drug-likeness (QED) is 0.285. The van der Waals surface area contributed by atoms with Crippen LogP contribution < -0.4 is 12.4 Å². The van der Waals surface area contributed by atoms with E-state index in [2.05, 4.69) is 0 Å². The molecule has 0 fully saturated rings. The van der Waals surface area contributed by atoms with Crippen molar-refractivity contribution in [1.82, 2.24) is 0 Å². The summed E-state index contributed by atoms with van der Waals surface area (Å²) in [6.45, 7) is 1.03. The molecule has 0 unspecified atom stereocenters. The Morgan fingerprint density at radius 2 is 1.79 bits per heavy atom. The topological polar surface area (TPSA) is 69.4 Å². The van der Waals surface area contributed by atoms with E-state index >= 15 is 0 Å².